The molecule has 0 saturated heterocycles. The lowest BCUT2D eigenvalue weighted by molar-refractivity contribution is -0.161. The summed E-state index contributed by atoms with van der Waals surface area (Å²) in [6.45, 7) is 9.34. The fraction of sp³-hybridized carbons (Fsp3) is 0.934. The van der Waals surface area contributed by atoms with Crippen LogP contribution < -0.4 is 0 Å². The van der Waals surface area contributed by atoms with Crippen molar-refractivity contribution >= 4 is 39.5 Å². The molecule has 0 aliphatic carbocycles. The number of unbranched alkanes of at least 4 members (excludes halogenated alkanes) is 30. The van der Waals surface area contributed by atoms with Crippen molar-refractivity contribution in [3.63, 3.8) is 0 Å². The van der Waals surface area contributed by atoms with Gasteiger partial charge < -0.3 is 33.8 Å². The molecule has 0 amide bonds. The van der Waals surface area contributed by atoms with Gasteiger partial charge >= 0.3 is 39.5 Å². The van der Waals surface area contributed by atoms with E-state index in [0.717, 1.165) is 102 Å². The van der Waals surface area contributed by atoms with E-state index in [2.05, 4.69) is 41.5 Å². The Morgan fingerprint density at radius 2 is 0.575 bits per heavy atom. The predicted molar refractivity (Wildman–Crippen MR) is 317 cm³/mol. The molecular weight excluding hydrogens is 1070 g/mol. The molecule has 0 aromatic carbocycles. The molecule has 0 aliphatic rings. The van der Waals surface area contributed by atoms with Crippen molar-refractivity contribution in [1.29, 1.82) is 0 Å². The summed E-state index contributed by atoms with van der Waals surface area (Å²) in [5.41, 5.74) is 0. The summed E-state index contributed by atoms with van der Waals surface area (Å²) in [6.07, 6.45) is 35.0. The predicted octanol–water partition coefficient (Wildman–Crippen LogP) is 16.5. The summed E-state index contributed by atoms with van der Waals surface area (Å²) in [6, 6.07) is 0. The van der Waals surface area contributed by atoms with Crippen LogP contribution in [0.4, 0.5) is 0 Å². The number of hydrogen-bond donors (Lipinski definition) is 3. The van der Waals surface area contributed by atoms with Crippen LogP contribution in [-0.2, 0) is 65.4 Å². The Hall–Kier alpha value is -1.94. The molecule has 0 fully saturated rings. The lowest BCUT2D eigenvalue weighted by atomic mass is 10.0. The molecule has 474 valence electrons. The second kappa shape index (κ2) is 53.8. The van der Waals surface area contributed by atoms with Gasteiger partial charge in [-0.1, -0.05) is 247 Å². The largest absolute Gasteiger partial charge is 0.472 e. The van der Waals surface area contributed by atoms with Crippen LogP contribution in [0.5, 0.6) is 0 Å². The normalized spacial score (nSPS) is 14.4. The van der Waals surface area contributed by atoms with Crippen molar-refractivity contribution in [2.45, 2.75) is 317 Å². The Labute approximate surface area is 486 Å². The first-order valence-electron chi connectivity index (χ1n) is 32.0. The molecule has 3 N–H and O–H groups in total. The summed E-state index contributed by atoms with van der Waals surface area (Å²) in [7, 11) is -9.88. The Kier molecular flexibility index (Phi) is 52.5. The fourth-order valence-corrected chi connectivity index (χ4v) is 10.6. The van der Waals surface area contributed by atoms with Gasteiger partial charge in [0, 0.05) is 25.7 Å². The number of phosphoric acid groups is 2. The molecule has 0 aliphatic heterocycles. The van der Waals surface area contributed by atoms with Gasteiger partial charge in [-0.25, -0.2) is 9.13 Å². The van der Waals surface area contributed by atoms with Gasteiger partial charge in [0.05, 0.1) is 26.4 Å². The maximum atomic E-state index is 12.9. The molecule has 0 aromatic heterocycles. The number of phosphoric ester groups is 2. The van der Waals surface area contributed by atoms with E-state index < -0.39 is 97.5 Å². The molecule has 2 unspecified atom stereocenters. The van der Waals surface area contributed by atoms with Crippen LogP contribution in [0, 0.1) is 11.8 Å². The summed E-state index contributed by atoms with van der Waals surface area (Å²) in [5.74, 6) is -0.729. The fourth-order valence-electron chi connectivity index (χ4n) is 9.00. The van der Waals surface area contributed by atoms with Crippen molar-refractivity contribution < 1.29 is 80.2 Å². The third-order valence-electron chi connectivity index (χ3n) is 14.0. The highest BCUT2D eigenvalue weighted by molar-refractivity contribution is 7.47. The van der Waals surface area contributed by atoms with Crippen molar-refractivity contribution in [2.24, 2.45) is 11.8 Å². The lowest BCUT2D eigenvalue weighted by Gasteiger charge is -2.21. The number of rotatable bonds is 60. The molecule has 0 saturated carbocycles. The monoisotopic (exact) mass is 1180 g/mol. The molecule has 0 bridgehead atoms. The first-order valence-corrected chi connectivity index (χ1v) is 35.0. The van der Waals surface area contributed by atoms with E-state index in [1.807, 2.05) is 0 Å². The number of aliphatic hydroxyl groups is 1. The zero-order valence-electron chi connectivity index (χ0n) is 51.4. The van der Waals surface area contributed by atoms with Crippen molar-refractivity contribution in [1.82, 2.24) is 0 Å². The molecule has 5 atom stereocenters. The van der Waals surface area contributed by atoms with Crippen LogP contribution in [0.2, 0.25) is 0 Å². The number of ether oxygens (including phenoxy) is 4. The van der Waals surface area contributed by atoms with E-state index >= 15 is 0 Å². The minimum absolute atomic E-state index is 0.103. The molecule has 0 aromatic rings. The minimum atomic E-state index is -4.94. The average molecular weight is 1190 g/mol. The summed E-state index contributed by atoms with van der Waals surface area (Å²) in [5, 5.41) is 10.5. The molecule has 19 heteroatoms. The molecular formula is C61H118O17P2. The van der Waals surface area contributed by atoms with E-state index in [-0.39, 0.29) is 25.7 Å². The second-order valence-corrected chi connectivity index (χ2v) is 25.9. The van der Waals surface area contributed by atoms with E-state index in [1.165, 1.54) is 109 Å². The van der Waals surface area contributed by atoms with E-state index in [1.54, 1.807) is 0 Å². The number of carbonyl (C=O) groups is 4. The number of esters is 4. The van der Waals surface area contributed by atoms with Gasteiger partial charge in [-0.2, -0.15) is 0 Å². The van der Waals surface area contributed by atoms with Gasteiger partial charge in [-0.15, -0.1) is 0 Å². The maximum absolute atomic E-state index is 12.9. The maximum Gasteiger partial charge on any atom is 0.472 e. The van der Waals surface area contributed by atoms with Gasteiger partial charge in [0.25, 0.3) is 0 Å². The Morgan fingerprint density at radius 1 is 0.338 bits per heavy atom. The second-order valence-electron chi connectivity index (χ2n) is 23.0. The summed E-state index contributed by atoms with van der Waals surface area (Å²) >= 11 is 0. The quantitative estimate of drug-likeness (QED) is 0.0222. The van der Waals surface area contributed by atoms with Gasteiger partial charge in [0.1, 0.15) is 19.3 Å². The SMILES string of the molecule is CCCCCCCCCCCCCC(=O)OC[C@H](COP(=O)(O)OC[C@@H](O)COP(=O)(O)OC[C@@H](COC(=O)CCCCCCCCCC)OC(=O)CCCCCCCCCC(C)C)OC(=O)CCCCCCCCCCC(C)C. The van der Waals surface area contributed by atoms with Crippen LogP contribution in [0.15, 0.2) is 0 Å². The van der Waals surface area contributed by atoms with Gasteiger partial charge in [-0.3, -0.25) is 37.3 Å². The van der Waals surface area contributed by atoms with E-state index in [9.17, 15) is 43.2 Å². The number of carbonyl (C=O) groups excluding carboxylic acids is 4. The third-order valence-corrected chi connectivity index (χ3v) is 15.9. The molecule has 80 heavy (non-hydrogen) atoms. The summed E-state index contributed by atoms with van der Waals surface area (Å²) < 4.78 is 67.8. The van der Waals surface area contributed by atoms with Crippen LogP contribution in [0.3, 0.4) is 0 Å². The lowest BCUT2D eigenvalue weighted by Crippen LogP contribution is -2.30. The van der Waals surface area contributed by atoms with E-state index in [4.69, 9.17) is 37.0 Å². The minimum Gasteiger partial charge on any atom is -0.462 e. The van der Waals surface area contributed by atoms with Crippen LogP contribution >= 0.6 is 15.6 Å². The smallest absolute Gasteiger partial charge is 0.462 e. The van der Waals surface area contributed by atoms with E-state index in [0.29, 0.717) is 31.6 Å². The highest BCUT2D eigenvalue weighted by Gasteiger charge is 2.30. The molecule has 0 radical (unpaired) electrons. The molecule has 17 nitrogen and oxygen atoms in total. The number of aliphatic hydroxyl groups excluding tert-OH is 1. The van der Waals surface area contributed by atoms with Crippen molar-refractivity contribution in [3.05, 3.63) is 0 Å². The zero-order valence-corrected chi connectivity index (χ0v) is 53.2. The van der Waals surface area contributed by atoms with Gasteiger partial charge in [-0.05, 0) is 37.5 Å². The topological polar surface area (TPSA) is 237 Å². The van der Waals surface area contributed by atoms with Crippen LogP contribution in [0.25, 0.3) is 0 Å². The summed E-state index contributed by atoms with van der Waals surface area (Å²) in [4.78, 5) is 72.0. The average Bonchev–Trinajstić information content (AvgIpc) is 3.41. The Bertz CT molecular complexity index is 1580. The Morgan fingerprint density at radius 3 is 0.850 bits per heavy atom. The first-order chi connectivity index (χ1) is 38.4. The number of hydrogen-bond acceptors (Lipinski definition) is 15. The standard InChI is InChI=1S/C61H118O17P2/c1-7-9-11-13-15-17-18-19-26-32-38-44-59(64)72-50-56(77-60(65)45-39-33-27-21-20-23-29-35-41-53(3)4)51-75-79(67,68)73-47-55(62)48-74-80(69,70)76-52-57(49-71-58(63)43-37-31-25-16-14-12-10-8-2)78-61(66)46-40-34-28-22-24-30-36-42-54(5)6/h53-57,62H,7-52H2,1-6H3,(H,67,68)(H,69,70)/t55-,56-,57-/m1/s1. The molecule has 0 spiro atoms. The van der Waals surface area contributed by atoms with Crippen molar-refractivity contribution in [3.8, 4) is 0 Å². The third kappa shape index (κ3) is 55.3. The van der Waals surface area contributed by atoms with Gasteiger partial charge in [0.2, 0.25) is 0 Å². The van der Waals surface area contributed by atoms with Crippen LogP contribution in [0.1, 0.15) is 298 Å². The van der Waals surface area contributed by atoms with Crippen LogP contribution in [-0.4, -0.2) is 96.7 Å². The highest BCUT2D eigenvalue weighted by Crippen LogP contribution is 2.45. The Balaban J connectivity index is 5.23. The zero-order chi connectivity index (χ0) is 59.4. The molecule has 0 rings (SSSR count). The van der Waals surface area contributed by atoms with Gasteiger partial charge in [0.15, 0.2) is 12.2 Å². The first kappa shape index (κ1) is 78.1. The molecule has 0 heterocycles. The van der Waals surface area contributed by atoms with Crippen molar-refractivity contribution in [2.75, 3.05) is 39.6 Å². The highest BCUT2D eigenvalue weighted by atomic mass is 31.2.